The van der Waals surface area contributed by atoms with Crippen LogP contribution in [0, 0.1) is 11.6 Å². The lowest BCUT2D eigenvalue weighted by molar-refractivity contribution is -0.121. The molecule has 3 nitrogen and oxygen atoms in total. The summed E-state index contributed by atoms with van der Waals surface area (Å²) in [5, 5.41) is 2.79. The van der Waals surface area contributed by atoms with Crippen molar-refractivity contribution < 1.29 is 13.6 Å². The van der Waals surface area contributed by atoms with Crippen LogP contribution in [0.2, 0.25) is 0 Å². The van der Waals surface area contributed by atoms with Gasteiger partial charge in [-0.15, -0.1) is 0 Å². The number of hydrogen-bond donors (Lipinski definition) is 2. The molecule has 1 fully saturated rings. The second kappa shape index (κ2) is 4.79. The molecule has 0 saturated heterocycles. The molecule has 0 unspecified atom stereocenters. The number of carbonyl (C=O) groups excluding carboxylic acids is 1. The molecule has 0 spiro atoms. The van der Waals surface area contributed by atoms with Gasteiger partial charge in [-0.1, -0.05) is 6.07 Å². The van der Waals surface area contributed by atoms with Gasteiger partial charge < -0.3 is 11.1 Å². The summed E-state index contributed by atoms with van der Waals surface area (Å²) >= 11 is 0. The molecule has 5 heteroatoms. The summed E-state index contributed by atoms with van der Waals surface area (Å²) in [6.45, 7) is 0. The minimum Gasteiger partial charge on any atom is -0.353 e. The third kappa shape index (κ3) is 3.00. The van der Waals surface area contributed by atoms with Crippen molar-refractivity contribution in [1.82, 2.24) is 5.32 Å². The Balaban J connectivity index is 1.87. The van der Waals surface area contributed by atoms with Crippen LogP contribution in [0.1, 0.15) is 18.4 Å². The van der Waals surface area contributed by atoms with E-state index < -0.39 is 11.6 Å². The summed E-state index contributed by atoms with van der Waals surface area (Å²) < 4.78 is 25.6. The molecule has 1 aromatic carbocycles. The topological polar surface area (TPSA) is 55.1 Å². The number of carbonyl (C=O) groups is 1. The van der Waals surface area contributed by atoms with Crippen LogP contribution in [0.15, 0.2) is 18.2 Å². The molecular weight excluding hydrogens is 226 g/mol. The van der Waals surface area contributed by atoms with E-state index in [9.17, 15) is 13.6 Å². The van der Waals surface area contributed by atoms with Gasteiger partial charge in [0.05, 0.1) is 6.42 Å². The van der Waals surface area contributed by atoms with Crippen molar-refractivity contribution in [2.24, 2.45) is 5.73 Å². The highest BCUT2D eigenvalue weighted by atomic mass is 19.2. The van der Waals surface area contributed by atoms with Crippen molar-refractivity contribution in [3.05, 3.63) is 35.4 Å². The summed E-state index contributed by atoms with van der Waals surface area (Å²) in [7, 11) is 0. The van der Waals surface area contributed by atoms with Crippen LogP contribution in [0.25, 0.3) is 0 Å². The Morgan fingerprint density at radius 1 is 1.35 bits per heavy atom. The molecule has 0 atom stereocenters. The number of nitrogens with two attached hydrogens (primary N) is 1. The van der Waals surface area contributed by atoms with Gasteiger partial charge in [-0.05, 0) is 30.5 Å². The van der Waals surface area contributed by atoms with Crippen LogP contribution in [-0.2, 0) is 11.2 Å². The molecule has 1 amide bonds. The van der Waals surface area contributed by atoms with Gasteiger partial charge in [0.15, 0.2) is 11.6 Å². The molecule has 0 aliphatic heterocycles. The highest BCUT2D eigenvalue weighted by Crippen LogP contribution is 2.17. The first kappa shape index (κ1) is 12.0. The normalized spacial score (nSPS) is 23.0. The van der Waals surface area contributed by atoms with E-state index in [4.69, 9.17) is 5.73 Å². The van der Waals surface area contributed by atoms with E-state index in [1.54, 1.807) is 0 Å². The lowest BCUT2D eigenvalue weighted by Gasteiger charge is -2.32. The van der Waals surface area contributed by atoms with Crippen LogP contribution < -0.4 is 11.1 Å². The first-order valence-corrected chi connectivity index (χ1v) is 5.53. The summed E-state index contributed by atoms with van der Waals surface area (Å²) in [5.74, 6) is -2.02. The highest BCUT2D eigenvalue weighted by molar-refractivity contribution is 5.79. The van der Waals surface area contributed by atoms with E-state index in [0.717, 1.165) is 25.0 Å². The Kier molecular flexibility index (Phi) is 3.38. The average molecular weight is 240 g/mol. The summed E-state index contributed by atoms with van der Waals surface area (Å²) in [6, 6.07) is 3.77. The number of halogens is 2. The van der Waals surface area contributed by atoms with Crippen molar-refractivity contribution in [2.75, 3.05) is 0 Å². The molecule has 17 heavy (non-hydrogen) atoms. The molecular formula is C12H14F2N2O. The van der Waals surface area contributed by atoms with Gasteiger partial charge in [-0.25, -0.2) is 8.78 Å². The van der Waals surface area contributed by atoms with Gasteiger partial charge in [0.2, 0.25) is 5.91 Å². The van der Waals surface area contributed by atoms with Crippen LogP contribution >= 0.6 is 0 Å². The third-order valence-corrected chi connectivity index (χ3v) is 2.89. The maximum Gasteiger partial charge on any atom is 0.224 e. The Labute approximate surface area is 98.0 Å². The quantitative estimate of drug-likeness (QED) is 0.831. The zero-order valence-electron chi connectivity index (χ0n) is 9.25. The largest absolute Gasteiger partial charge is 0.353 e. The van der Waals surface area contributed by atoms with E-state index in [-0.39, 0.29) is 24.4 Å². The lowest BCUT2D eigenvalue weighted by atomic mass is 9.87. The van der Waals surface area contributed by atoms with Crippen LogP contribution in [0.5, 0.6) is 0 Å². The second-order valence-electron chi connectivity index (χ2n) is 4.42. The van der Waals surface area contributed by atoms with E-state index in [2.05, 4.69) is 5.32 Å². The van der Waals surface area contributed by atoms with Crippen molar-refractivity contribution >= 4 is 5.91 Å². The molecule has 1 saturated carbocycles. The Morgan fingerprint density at radius 2 is 2.06 bits per heavy atom. The van der Waals surface area contributed by atoms with Gasteiger partial charge >= 0.3 is 0 Å². The SMILES string of the molecule is NC1CC(NC(=O)Cc2ccc(F)c(F)c2)C1. The van der Waals surface area contributed by atoms with Crippen LogP contribution in [-0.4, -0.2) is 18.0 Å². The third-order valence-electron chi connectivity index (χ3n) is 2.89. The number of amides is 1. The van der Waals surface area contributed by atoms with Gasteiger partial charge in [0.25, 0.3) is 0 Å². The number of benzene rings is 1. The summed E-state index contributed by atoms with van der Waals surface area (Å²) in [5.41, 5.74) is 6.05. The maximum atomic E-state index is 12.9. The highest BCUT2D eigenvalue weighted by Gasteiger charge is 2.26. The molecule has 1 aliphatic rings. The van der Waals surface area contributed by atoms with Crippen molar-refractivity contribution in [3.8, 4) is 0 Å². The number of rotatable bonds is 3. The first-order chi connectivity index (χ1) is 8.04. The van der Waals surface area contributed by atoms with Gasteiger partial charge in [0, 0.05) is 12.1 Å². The fourth-order valence-electron chi connectivity index (χ4n) is 1.89. The Bertz CT molecular complexity index is 431. The van der Waals surface area contributed by atoms with Crippen molar-refractivity contribution in [3.63, 3.8) is 0 Å². The monoisotopic (exact) mass is 240 g/mol. The van der Waals surface area contributed by atoms with E-state index in [1.807, 2.05) is 0 Å². The molecule has 1 aromatic rings. The van der Waals surface area contributed by atoms with Gasteiger partial charge in [-0.2, -0.15) is 0 Å². The van der Waals surface area contributed by atoms with Gasteiger partial charge in [-0.3, -0.25) is 4.79 Å². The molecule has 0 radical (unpaired) electrons. The smallest absolute Gasteiger partial charge is 0.224 e. The lowest BCUT2D eigenvalue weighted by Crippen LogP contribution is -2.50. The summed E-state index contributed by atoms with van der Waals surface area (Å²) in [4.78, 5) is 11.6. The minimum absolute atomic E-state index is 0.0585. The molecule has 1 aliphatic carbocycles. The number of nitrogens with one attached hydrogen (secondary N) is 1. The molecule has 92 valence electrons. The zero-order valence-corrected chi connectivity index (χ0v) is 9.25. The van der Waals surface area contributed by atoms with Crippen molar-refractivity contribution in [1.29, 1.82) is 0 Å². The fraction of sp³-hybridized carbons (Fsp3) is 0.417. The first-order valence-electron chi connectivity index (χ1n) is 5.53. The van der Waals surface area contributed by atoms with Crippen LogP contribution in [0.3, 0.4) is 0 Å². The van der Waals surface area contributed by atoms with E-state index >= 15 is 0 Å². The number of hydrogen-bond acceptors (Lipinski definition) is 2. The van der Waals surface area contributed by atoms with Gasteiger partial charge in [0.1, 0.15) is 0 Å². The van der Waals surface area contributed by atoms with Crippen molar-refractivity contribution in [2.45, 2.75) is 31.3 Å². The average Bonchev–Trinajstić information content (AvgIpc) is 2.21. The molecule has 0 heterocycles. The molecule has 0 aromatic heterocycles. The summed E-state index contributed by atoms with van der Waals surface area (Å²) in [6.07, 6.45) is 1.62. The Morgan fingerprint density at radius 3 is 2.65 bits per heavy atom. The second-order valence-corrected chi connectivity index (χ2v) is 4.42. The predicted molar refractivity (Wildman–Crippen MR) is 59.2 cm³/mol. The Hall–Kier alpha value is -1.49. The van der Waals surface area contributed by atoms with Crippen LogP contribution in [0.4, 0.5) is 8.78 Å². The maximum absolute atomic E-state index is 12.9. The van der Waals surface area contributed by atoms with E-state index in [1.165, 1.54) is 6.07 Å². The zero-order chi connectivity index (χ0) is 12.4. The molecule has 2 rings (SSSR count). The minimum atomic E-state index is -0.930. The standard InChI is InChI=1S/C12H14F2N2O/c13-10-2-1-7(3-11(10)14)4-12(17)16-9-5-8(15)6-9/h1-3,8-9H,4-6,15H2,(H,16,17). The molecule has 0 bridgehead atoms. The predicted octanol–water partition coefficient (Wildman–Crippen LogP) is 1.11. The molecule has 3 N–H and O–H groups in total. The fourth-order valence-corrected chi connectivity index (χ4v) is 1.89. The van der Waals surface area contributed by atoms with E-state index in [0.29, 0.717) is 5.56 Å².